The number of hydrogen-bond acceptors (Lipinski definition) is 5. The number of benzene rings is 2. The van der Waals surface area contributed by atoms with Crippen LogP contribution in [0.1, 0.15) is 20.8 Å². The Balaban J connectivity index is 1.97. The molecule has 10 heteroatoms. The number of amides is 2. The molecule has 3 rings (SSSR count). The lowest BCUT2D eigenvalue weighted by molar-refractivity contribution is 0.0646. The highest BCUT2D eigenvalue weighted by atomic mass is 19.1. The van der Waals surface area contributed by atoms with Gasteiger partial charge in [-0.25, -0.2) is 27.8 Å². The fraction of sp³-hybridized carbons (Fsp3) is 0.227. The van der Waals surface area contributed by atoms with Crippen molar-refractivity contribution in [3.63, 3.8) is 0 Å². The third-order valence-electron chi connectivity index (χ3n) is 4.74. The Labute approximate surface area is 182 Å². The number of carbonyl (C=O) groups is 1. The summed E-state index contributed by atoms with van der Waals surface area (Å²) in [5.41, 5.74) is -1.08. The molecule has 2 amide bonds. The highest BCUT2D eigenvalue weighted by Gasteiger charge is 2.25. The van der Waals surface area contributed by atoms with Gasteiger partial charge in [-0.05, 0) is 57.2 Å². The van der Waals surface area contributed by atoms with Crippen molar-refractivity contribution in [3.8, 4) is 0 Å². The fourth-order valence-corrected chi connectivity index (χ4v) is 2.62. The van der Waals surface area contributed by atoms with Crippen LogP contribution in [0, 0.1) is 17.5 Å². The highest BCUT2D eigenvalue weighted by Crippen LogP contribution is 2.27. The SMILES string of the molecule is C[C@H](Nc1nccc(N(C(=O)Nc2ccc(F)cc2F)c2ccc(F)cc2)n1)C(C)(C)O. The van der Waals surface area contributed by atoms with E-state index in [0.29, 0.717) is 6.07 Å². The molecule has 0 unspecified atom stereocenters. The number of halogens is 3. The van der Waals surface area contributed by atoms with Crippen LogP contribution in [0.4, 0.5) is 41.1 Å². The van der Waals surface area contributed by atoms with E-state index in [1.54, 1.807) is 20.8 Å². The molecule has 3 N–H and O–H groups in total. The predicted molar refractivity (Wildman–Crippen MR) is 115 cm³/mol. The molecule has 2 aromatic carbocycles. The lowest BCUT2D eigenvalue weighted by Gasteiger charge is -2.27. The molecule has 0 aliphatic heterocycles. The highest BCUT2D eigenvalue weighted by molar-refractivity contribution is 6.06. The smallest absolute Gasteiger partial charge is 0.332 e. The maximum absolute atomic E-state index is 14.1. The van der Waals surface area contributed by atoms with Gasteiger partial charge >= 0.3 is 6.03 Å². The minimum absolute atomic E-state index is 0.0945. The van der Waals surface area contributed by atoms with Crippen LogP contribution in [-0.4, -0.2) is 32.7 Å². The molecule has 0 radical (unpaired) electrons. The number of hydrogen-bond donors (Lipinski definition) is 3. The van der Waals surface area contributed by atoms with Gasteiger partial charge in [0.25, 0.3) is 0 Å². The van der Waals surface area contributed by atoms with Crippen molar-refractivity contribution < 1.29 is 23.1 Å². The fourth-order valence-electron chi connectivity index (χ4n) is 2.62. The minimum atomic E-state index is -1.08. The molecule has 1 aromatic heterocycles. The number of anilines is 4. The largest absolute Gasteiger partial charge is 0.388 e. The average molecular weight is 445 g/mol. The second-order valence-electron chi connectivity index (χ2n) is 7.62. The van der Waals surface area contributed by atoms with E-state index < -0.39 is 35.1 Å². The topological polar surface area (TPSA) is 90.4 Å². The van der Waals surface area contributed by atoms with E-state index in [4.69, 9.17) is 0 Å². The van der Waals surface area contributed by atoms with Crippen LogP contribution in [0.25, 0.3) is 0 Å². The molecule has 0 aliphatic rings. The van der Waals surface area contributed by atoms with Gasteiger partial charge in [-0.3, -0.25) is 0 Å². The van der Waals surface area contributed by atoms with Crippen LogP contribution in [-0.2, 0) is 0 Å². The zero-order chi connectivity index (χ0) is 23.5. The van der Waals surface area contributed by atoms with E-state index in [2.05, 4.69) is 20.6 Å². The maximum atomic E-state index is 14.1. The number of aromatic nitrogens is 2. The number of nitrogens with one attached hydrogen (secondary N) is 2. The second kappa shape index (κ2) is 9.23. The van der Waals surface area contributed by atoms with Crippen molar-refractivity contribution in [3.05, 3.63) is 72.2 Å². The average Bonchev–Trinajstić information content (AvgIpc) is 2.71. The third kappa shape index (κ3) is 5.52. The van der Waals surface area contributed by atoms with E-state index in [1.165, 1.54) is 24.4 Å². The summed E-state index contributed by atoms with van der Waals surface area (Å²) in [6.45, 7) is 4.96. The van der Waals surface area contributed by atoms with Crippen LogP contribution in [0.2, 0.25) is 0 Å². The molecule has 0 fully saturated rings. The summed E-state index contributed by atoms with van der Waals surface area (Å²) in [4.78, 5) is 22.6. The van der Waals surface area contributed by atoms with Gasteiger partial charge in [0.15, 0.2) is 0 Å². The first-order chi connectivity index (χ1) is 15.0. The molecule has 0 aliphatic carbocycles. The molecule has 1 heterocycles. The first kappa shape index (κ1) is 23.0. The lowest BCUT2D eigenvalue weighted by Crippen LogP contribution is -2.40. The zero-order valence-corrected chi connectivity index (χ0v) is 17.6. The first-order valence-corrected chi connectivity index (χ1v) is 9.68. The van der Waals surface area contributed by atoms with Crippen LogP contribution >= 0.6 is 0 Å². The Morgan fingerprint density at radius 2 is 1.72 bits per heavy atom. The molecule has 168 valence electrons. The van der Waals surface area contributed by atoms with Gasteiger partial charge in [-0.2, -0.15) is 4.98 Å². The maximum Gasteiger partial charge on any atom is 0.332 e. The summed E-state index contributed by atoms with van der Waals surface area (Å²) >= 11 is 0. The van der Waals surface area contributed by atoms with Gasteiger partial charge in [-0.15, -0.1) is 0 Å². The molecule has 3 aromatic rings. The Kier molecular flexibility index (Phi) is 6.64. The van der Waals surface area contributed by atoms with Gasteiger partial charge < -0.3 is 15.7 Å². The van der Waals surface area contributed by atoms with Crippen LogP contribution in [0.5, 0.6) is 0 Å². The van der Waals surface area contributed by atoms with Crippen molar-refractivity contribution >= 4 is 29.2 Å². The summed E-state index contributed by atoms with van der Waals surface area (Å²) in [5.74, 6) is -2.03. The molecule has 0 bridgehead atoms. The summed E-state index contributed by atoms with van der Waals surface area (Å²) in [6, 6.07) is 7.94. The van der Waals surface area contributed by atoms with Crippen molar-refractivity contribution in [1.29, 1.82) is 0 Å². The van der Waals surface area contributed by atoms with E-state index in [-0.39, 0.29) is 23.1 Å². The van der Waals surface area contributed by atoms with Crippen LogP contribution < -0.4 is 15.5 Å². The number of carbonyl (C=O) groups excluding carboxylic acids is 1. The van der Waals surface area contributed by atoms with Crippen LogP contribution in [0.15, 0.2) is 54.7 Å². The quantitative estimate of drug-likeness (QED) is 0.505. The molecule has 0 saturated carbocycles. The van der Waals surface area contributed by atoms with E-state index in [9.17, 15) is 23.1 Å². The van der Waals surface area contributed by atoms with E-state index >= 15 is 0 Å². The number of nitrogens with zero attached hydrogens (tertiary/aromatic N) is 3. The standard InChI is InChI=1S/C22H22F3N5O2/c1-13(22(2,3)32)27-20-26-11-10-19(29-20)30(16-7-4-14(23)5-8-16)21(31)28-18-9-6-15(24)12-17(18)25/h4-13,32H,1-3H3,(H,28,31)(H,26,27,29)/t13-/m0/s1. The van der Waals surface area contributed by atoms with Crippen molar-refractivity contribution in [1.82, 2.24) is 9.97 Å². The van der Waals surface area contributed by atoms with Crippen LogP contribution in [0.3, 0.4) is 0 Å². The molecular weight excluding hydrogens is 423 g/mol. The number of urea groups is 1. The van der Waals surface area contributed by atoms with Gasteiger partial charge in [0.2, 0.25) is 5.95 Å². The van der Waals surface area contributed by atoms with Gasteiger partial charge in [0, 0.05) is 18.3 Å². The third-order valence-corrected chi connectivity index (χ3v) is 4.74. The molecule has 32 heavy (non-hydrogen) atoms. The lowest BCUT2D eigenvalue weighted by atomic mass is 10.0. The second-order valence-corrected chi connectivity index (χ2v) is 7.62. The molecule has 1 atom stereocenters. The summed E-state index contributed by atoms with van der Waals surface area (Å²) in [5, 5.41) is 15.5. The monoisotopic (exact) mass is 445 g/mol. The zero-order valence-electron chi connectivity index (χ0n) is 17.6. The summed E-state index contributed by atoms with van der Waals surface area (Å²) in [7, 11) is 0. The van der Waals surface area contributed by atoms with Crippen molar-refractivity contribution in [2.75, 3.05) is 15.5 Å². The Morgan fingerprint density at radius 1 is 1.06 bits per heavy atom. The molecule has 7 nitrogen and oxygen atoms in total. The number of rotatable bonds is 6. The van der Waals surface area contributed by atoms with E-state index in [0.717, 1.165) is 29.2 Å². The predicted octanol–water partition coefficient (Wildman–Crippen LogP) is 4.84. The Morgan fingerprint density at radius 3 is 2.34 bits per heavy atom. The van der Waals surface area contributed by atoms with Gasteiger partial charge in [0.05, 0.1) is 23.0 Å². The Bertz CT molecular complexity index is 1100. The van der Waals surface area contributed by atoms with Crippen molar-refractivity contribution in [2.24, 2.45) is 0 Å². The van der Waals surface area contributed by atoms with E-state index in [1.807, 2.05) is 0 Å². The van der Waals surface area contributed by atoms with Gasteiger partial charge in [-0.1, -0.05) is 0 Å². The number of aliphatic hydroxyl groups is 1. The molecular formula is C22H22F3N5O2. The normalized spacial score (nSPS) is 12.2. The Hall–Kier alpha value is -3.66. The molecule has 0 saturated heterocycles. The van der Waals surface area contributed by atoms with Gasteiger partial charge in [0.1, 0.15) is 23.3 Å². The summed E-state index contributed by atoms with van der Waals surface area (Å²) < 4.78 is 40.7. The minimum Gasteiger partial charge on any atom is -0.388 e. The van der Waals surface area contributed by atoms with Crippen molar-refractivity contribution in [2.45, 2.75) is 32.4 Å². The molecule has 0 spiro atoms. The summed E-state index contributed by atoms with van der Waals surface area (Å²) in [6.07, 6.45) is 1.39. The first-order valence-electron chi connectivity index (χ1n) is 9.68.